The first kappa shape index (κ1) is 16.4. The molecule has 4 nitrogen and oxygen atoms in total. The van der Waals surface area contributed by atoms with E-state index in [0.717, 1.165) is 10.5 Å². The van der Waals surface area contributed by atoms with Crippen molar-refractivity contribution in [3.8, 4) is 0 Å². The quantitative estimate of drug-likeness (QED) is 0.839. The fraction of sp³-hybridized carbons (Fsp3) is 0.125. The first-order valence-electron chi connectivity index (χ1n) is 6.60. The number of rotatable bonds is 4. The average Bonchev–Trinajstić information content (AvgIpc) is 2.54. The van der Waals surface area contributed by atoms with Crippen LogP contribution in [0.15, 0.2) is 59.5 Å². The van der Waals surface area contributed by atoms with Crippen molar-refractivity contribution >= 4 is 35.3 Å². The molecule has 0 aliphatic rings. The Morgan fingerprint density at radius 2 is 1.68 bits per heavy atom. The molecule has 0 bridgehead atoms. The van der Waals surface area contributed by atoms with E-state index in [4.69, 9.17) is 11.6 Å². The summed E-state index contributed by atoms with van der Waals surface area (Å²) in [5.41, 5.74) is 0.823. The molecular weight excluding hydrogens is 320 g/mol. The summed E-state index contributed by atoms with van der Waals surface area (Å²) in [4.78, 5) is 24.6. The minimum Gasteiger partial charge on any atom is -0.341 e. The highest BCUT2D eigenvalue weighted by molar-refractivity contribution is 8.00. The van der Waals surface area contributed by atoms with E-state index < -0.39 is 11.3 Å². The zero-order chi connectivity index (χ0) is 15.9. The van der Waals surface area contributed by atoms with Crippen molar-refractivity contribution in [3.05, 3.63) is 65.2 Å². The van der Waals surface area contributed by atoms with Gasteiger partial charge in [0.25, 0.3) is 0 Å². The number of benzene rings is 2. The SMILES string of the molecule is CNC(=O)NC(=O)[C@@H](Sc1ccc(Cl)cc1)c1ccccc1. The van der Waals surface area contributed by atoms with Crippen LogP contribution in [0.3, 0.4) is 0 Å². The van der Waals surface area contributed by atoms with Gasteiger partial charge < -0.3 is 5.32 Å². The maximum atomic E-state index is 12.4. The highest BCUT2D eigenvalue weighted by atomic mass is 35.5. The van der Waals surface area contributed by atoms with Crippen molar-refractivity contribution in [2.45, 2.75) is 10.1 Å². The molecule has 2 aromatic rings. The molecule has 2 N–H and O–H groups in total. The van der Waals surface area contributed by atoms with Gasteiger partial charge in [0, 0.05) is 17.0 Å². The number of carbonyl (C=O) groups is 2. The largest absolute Gasteiger partial charge is 0.341 e. The average molecular weight is 335 g/mol. The smallest absolute Gasteiger partial charge is 0.321 e. The van der Waals surface area contributed by atoms with E-state index in [9.17, 15) is 9.59 Å². The first-order chi connectivity index (χ1) is 10.6. The molecule has 22 heavy (non-hydrogen) atoms. The molecule has 2 aromatic carbocycles. The second kappa shape index (κ2) is 7.87. The Kier molecular flexibility index (Phi) is 5.86. The van der Waals surface area contributed by atoms with Gasteiger partial charge in [-0.2, -0.15) is 0 Å². The number of hydrogen-bond donors (Lipinski definition) is 2. The lowest BCUT2D eigenvalue weighted by Crippen LogP contribution is -2.39. The van der Waals surface area contributed by atoms with Crippen LogP contribution in [0, 0.1) is 0 Å². The van der Waals surface area contributed by atoms with Gasteiger partial charge in [0.15, 0.2) is 0 Å². The van der Waals surface area contributed by atoms with E-state index in [2.05, 4.69) is 10.6 Å². The Balaban J connectivity index is 2.23. The Morgan fingerprint density at radius 3 is 2.27 bits per heavy atom. The predicted molar refractivity (Wildman–Crippen MR) is 89.1 cm³/mol. The fourth-order valence-corrected chi connectivity index (χ4v) is 2.94. The maximum Gasteiger partial charge on any atom is 0.321 e. The van der Waals surface area contributed by atoms with Crippen LogP contribution < -0.4 is 10.6 Å². The number of urea groups is 1. The van der Waals surface area contributed by atoms with Gasteiger partial charge in [-0.15, -0.1) is 11.8 Å². The van der Waals surface area contributed by atoms with Gasteiger partial charge in [0.05, 0.1) is 0 Å². The Bertz CT molecular complexity index is 647. The predicted octanol–water partition coefficient (Wildman–Crippen LogP) is 3.63. The highest BCUT2D eigenvalue weighted by Gasteiger charge is 2.23. The Labute approximate surface area is 138 Å². The van der Waals surface area contributed by atoms with Crippen molar-refractivity contribution in [2.24, 2.45) is 0 Å². The molecule has 0 aliphatic heterocycles. The van der Waals surface area contributed by atoms with Gasteiger partial charge in [0.1, 0.15) is 5.25 Å². The zero-order valence-electron chi connectivity index (χ0n) is 11.9. The number of hydrogen-bond acceptors (Lipinski definition) is 3. The van der Waals surface area contributed by atoms with Gasteiger partial charge in [-0.1, -0.05) is 41.9 Å². The monoisotopic (exact) mass is 334 g/mol. The molecule has 0 spiro atoms. The highest BCUT2D eigenvalue weighted by Crippen LogP contribution is 2.35. The number of amides is 3. The van der Waals surface area contributed by atoms with E-state index in [1.165, 1.54) is 18.8 Å². The minimum absolute atomic E-state index is 0.370. The third-order valence-corrected chi connectivity index (χ3v) is 4.39. The van der Waals surface area contributed by atoms with Crippen LogP contribution in [-0.2, 0) is 4.79 Å². The summed E-state index contributed by atoms with van der Waals surface area (Å²) in [5.74, 6) is -0.370. The second-order valence-electron chi connectivity index (χ2n) is 4.43. The molecule has 114 valence electrons. The number of halogens is 1. The van der Waals surface area contributed by atoms with Gasteiger partial charge in [0.2, 0.25) is 5.91 Å². The third-order valence-electron chi connectivity index (χ3n) is 2.87. The van der Waals surface area contributed by atoms with Crippen molar-refractivity contribution in [3.63, 3.8) is 0 Å². The summed E-state index contributed by atoms with van der Waals surface area (Å²) in [6, 6.07) is 16.0. The van der Waals surface area contributed by atoms with E-state index in [1.807, 2.05) is 42.5 Å². The molecule has 2 rings (SSSR count). The van der Waals surface area contributed by atoms with E-state index >= 15 is 0 Å². The molecule has 0 aliphatic carbocycles. The van der Waals surface area contributed by atoms with E-state index in [0.29, 0.717) is 5.02 Å². The van der Waals surface area contributed by atoms with Gasteiger partial charge in [-0.3, -0.25) is 10.1 Å². The van der Waals surface area contributed by atoms with Gasteiger partial charge >= 0.3 is 6.03 Å². The Hall–Kier alpha value is -1.98. The lowest BCUT2D eigenvalue weighted by Gasteiger charge is -2.16. The maximum absolute atomic E-state index is 12.4. The summed E-state index contributed by atoms with van der Waals surface area (Å²) in [6.07, 6.45) is 0. The lowest BCUT2D eigenvalue weighted by molar-refractivity contribution is -0.119. The summed E-state index contributed by atoms with van der Waals surface area (Å²) in [5, 5.41) is 4.81. The fourth-order valence-electron chi connectivity index (χ4n) is 1.79. The summed E-state index contributed by atoms with van der Waals surface area (Å²) >= 11 is 7.23. The van der Waals surface area contributed by atoms with Crippen molar-refractivity contribution in [2.75, 3.05) is 7.05 Å². The van der Waals surface area contributed by atoms with Crippen LogP contribution >= 0.6 is 23.4 Å². The van der Waals surface area contributed by atoms with Crippen LogP contribution in [0.4, 0.5) is 4.79 Å². The standard InChI is InChI=1S/C16H15ClN2O2S/c1-18-16(21)19-15(20)14(11-5-3-2-4-6-11)22-13-9-7-12(17)8-10-13/h2-10,14H,1H3,(H2,18,19,20,21)/t14-/m0/s1. The van der Waals surface area contributed by atoms with E-state index in [1.54, 1.807) is 12.1 Å². The van der Waals surface area contributed by atoms with Crippen LogP contribution in [-0.4, -0.2) is 19.0 Å². The van der Waals surface area contributed by atoms with Gasteiger partial charge in [-0.25, -0.2) is 4.79 Å². The van der Waals surface area contributed by atoms with Crippen molar-refractivity contribution < 1.29 is 9.59 Å². The normalized spacial score (nSPS) is 11.5. The zero-order valence-corrected chi connectivity index (χ0v) is 13.4. The van der Waals surface area contributed by atoms with Crippen LogP contribution in [0.25, 0.3) is 0 Å². The lowest BCUT2D eigenvalue weighted by atomic mass is 10.1. The Morgan fingerprint density at radius 1 is 1.05 bits per heavy atom. The van der Waals surface area contributed by atoms with Crippen LogP contribution in [0.2, 0.25) is 5.02 Å². The molecule has 6 heteroatoms. The second-order valence-corrected chi connectivity index (χ2v) is 6.05. The van der Waals surface area contributed by atoms with Crippen LogP contribution in [0.5, 0.6) is 0 Å². The number of carbonyl (C=O) groups excluding carboxylic acids is 2. The molecule has 0 fully saturated rings. The molecule has 0 unspecified atom stereocenters. The molecule has 0 saturated heterocycles. The molecule has 0 saturated carbocycles. The molecule has 0 radical (unpaired) electrons. The number of imide groups is 1. The van der Waals surface area contributed by atoms with Gasteiger partial charge in [-0.05, 0) is 29.8 Å². The molecule has 0 heterocycles. The van der Waals surface area contributed by atoms with Crippen molar-refractivity contribution in [1.29, 1.82) is 0 Å². The first-order valence-corrected chi connectivity index (χ1v) is 7.85. The van der Waals surface area contributed by atoms with E-state index in [-0.39, 0.29) is 5.91 Å². The minimum atomic E-state index is -0.528. The third kappa shape index (κ3) is 4.51. The number of thioether (sulfide) groups is 1. The topological polar surface area (TPSA) is 58.2 Å². The van der Waals surface area contributed by atoms with Crippen LogP contribution in [0.1, 0.15) is 10.8 Å². The molecule has 3 amide bonds. The summed E-state index contributed by atoms with van der Waals surface area (Å²) in [6.45, 7) is 0. The molecular formula is C16H15ClN2O2S. The summed E-state index contributed by atoms with van der Waals surface area (Å²) in [7, 11) is 1.46. The number of nitrogens with one attached hydrogen (secondary N) is 2. The molecule has 0 aromatic heterocycles. The summed E-state index contributed by atoms with van der Waals surface area (Å²) < 4.78 is 0. The van der Waals surface area contributed by atoms with Crippen molar-refractivity contribution in [1.82, 2.24) is 10.6 Å². The molecule has 1 atom stereocenters.